The standard InChI is InChI=1S/C16H13FN6/c1-9-5-11(12-7-19-21-16(12)20-9)13-8-23(2)22-15(13)14-4-3-10(17)6-18-14/h3-8H,1-2H3,(H,19,20,21). The van der Waals surface area contributed by atoms with Gasteiger partial charge in [0.1, 0.15) is 11.5 Å². The van der Waals surface area contributed by atoms with E-state index in [0.717, 1.165) is 27.9 Å². The minimum absolute atomic E-state index is 0.372. The molecule has 4 aromatic rings. The molecule has 0 aliphatic carbocycles. The van der Waals surface area contributed by atoms with E-state index < -0.39 is 0 Å². The summed E-state index contributed by atoms with van der Waals surface area (Å²) in [6.07, 6.45) is 4.85. The lowest BCUT2D eigenvalue weighted by molar-refractivity contribution is 0.621. The number of pyridine rings is 2. The Hall–Kier alpha value is -3.09. The maximum absolute atomic E-state index is 13.1. The average Bonchev–Trinajstić information content (AvgIpc) is 3.13. The van der Waals surface area contributed by atoms with Crippen LogP contribution in [0.3, 0.4) is 0 Å². The lowest BCUT2D eigenvalue weighted by Crippen LogP contribution is -1.91. The third kappa shape index (κ3) is 2.26. The van der Waals surface area contributed by atoms with Crippen molar-refractivity contribution in [2.24, 2.45) is 7.05 Å². The summed E-state index contributed by atoms with van der Waals surface area (Å²) in [6, 6.07) is 5.00. The van der Waals surface area contributed by atoms with Crippen LogP contribution in [0, 0.1) is 12.7 Å². The third-order valence-corrected chi connectivity index (χ3v) is 3.64. The average molecular weight is 308 g/mol. The zero-order chi connectivity index (χ0) is 16.0. The van der Waals surface area contributed by atoms with Crippen molar-refractivity contribution >= 4 is 11.0 Å². The van der Waals surface area contributed by atoms with E-state index >= 15 is 0 Å². The van der Waals surface area contributed by atoms with Gasteiger partial charge in [-0.15, -0.1) is 0 Å². The lowest BCUT2D eigenvalue weighted by Gasteiger charge is -2.05. The van der Waals surface area contributed by atoms with Crippen molar-refractivity contribution in [2.75, 3.05) is 0 Å². The van der Waals surface area contributed by atoms with Gasteiger partial charge in [0.15, 0.2) is 5.65 Å². The number of aromatic nitrogens is 6. The first-order chi connectivity index (χ1) is 11.1. The maximum atomic E-state index is 13.1. The van der Waals surface area contributed by atoms with Gasteiger partial charge in [0.2, 0.25) is 0 Å². The van der Waals surface area contributed by atoms with Gasteiger partial charge >= 0.3 is 0 Å². The number of hydrogen-bond donors (Lipinski definition) is 1. The lowest BCUT2D eigenvalue weighted by atomic mass is 10.0. The number of nitrogens with zero attached hydrogens (tertiary/aromatic N) is 5. The molecular weight excluding hydrogens is 295 g/mol. The first-order valence-electron chi connectivity index (χ1n) is 7.08. The van der Waals surface area contributed by atoms with Crippen molar-refractivity contribution < 1.29 is 4.39 Å². The van der Waals surface area contributed by atoms with Crippen LogP contribution in [0.4, 0.5) is 4.39 Å². The van der Waals surface area contributed by atoms with Gasteiger partial charge in [-0.1, -0.05) is 0 Å². The number of aryl methyl sites for hydroxylation is 2. The molecule has 0 aliphatic rings. The van der Waals surface area contributed by atoms with Crippen LogP contribution in [0.15, 0.2) is 36.8 Å². The van der Waals surface area contributed by atoms with E-state index in [-0.39, 0.29) is 5.82 Å². The molecule has 6 nitrogen and oxygen atoms in total. The maximum Gasteiger partial charge on any atom is 0.155 e. The molecule has 0 aliphatic heterocycles. The molecule has 0 saturated heterocycles. The largest absolute Gasteiger partial charge is 0.274 e. The molecule has 23 heavy (non-hydrogen) atoms. The van der Waals surface area contributed by atoms with Crippen LogP contribution in [0.25, 0.3) is 33.5 Å². The van der Waals surface area contributed by atoms with Gasteiger partial charge in [-0.3, -0.25) is 14.8 Å². The zero-order valence-electron chi connectivity index (χ0n) is 12.6. The third-order valence-electron chi connectivity index (χ3n) is 3.64. The normalized spacial score (nSPS) is 11.3. The Morgan fingerprint density at radius 2 is 2.04 bits per heavy atom. The Labute approximate surface area is 131 Å². The number of nitrogens with one attached hydrogen (secondary N) is 1. The summed E-state index contributed by atoms with van der Waals surface area (Å²) in [6.45, 7) is 1.93. The first-order valence-corrected chi connectivity index (χ1v) is 7.08. The molecule has 114 valence electrons. The van der Waals surface area contributed by atoms with Crippen LogP contribution in [0.2, 0.25) is 0 Å². The molecule has 1 N–H and O–H groups in total. The van der Waals surface area contributed by atoms with E-state index in [1.165, 1.54) is 12.3 Å². The second-order valence-corrected chi connectivity index (χ2v) is 5.37. The van der Waals surface area contributed by atoms with Crippen molar-refractivity contribution in [3.05, 3.63) is 48.3 Å². The summed E-state index contributed by atoms with van der Waals surface area (Å²) in [5, 5.41) is 12.4. The summed E-state index contributed by atoms with van der Waals surface area (Å²) >= 11 is 0. The number of halogens is 1. The van der Waals surface area contributed by atoms with Gasteiger partial charge < -0.3 is 0 Å². The molecular formula is C16H13FN6. The molecule has 4 heterocycles. The summed E-state index contributed by atoms with van der Waals surface area (Å²) in [4.78, 5) is 8.58. The highest BCUT2D eigenvalue weighted by Crippen LogP contribution is 2.34. The van der Waals surface area contributed by atoms with Crippen LogP contribution in [-0.4, -0.2) is 29.9 Å². The molecule has 0 fully saturated rings. The van der Waals surface area contributed by atoms with Gasteiger partial charge in [-0.25, -0.2) is 9.37 Å². The number of fused-ring (bicyclic) bond motifs is 1. The summed E-state index contributed by atoms with van der Waals surface area (Å²) in [7, 11) is 1.84. The Morgan fingerprint density at radius 3 is 2.83 bits per heavy atom. The quantitative estimate of drug-likeness (QED) is 0.618. The summed E-state index contributed by atoms with van der Waals surface area (Å²) in [5.74, 6) is -0.372. The van der Waals surface area contributed by atoms with Crippen molar-refractivity contribution in [1.29, 1.82) is 0 Å². The van der Waals surface area contributed by atoms with Crippen molar-refractivity contribution in [1.82, 2.24) is 29.9 Å². The molecule has 0 atom stereocenters. The van der Waals surface area contributed by atoms with Gasteiger partial charge in [-0.05, 0) is 30.7 Å². The number of aromatic amines is 1. The predicted octanol–water partition coefficient (Wildman–Crippen LogP) is 2.87. The Kier molecular flexibility index (Phi) is 2.94. The molecule has 7 heteroatoms. The second-order valence-electron chi connectivity index (χ2n) is 5.37. The van der Waals surface area contributed by atoms with Gasteiger partial charge in [0.05, 0.1) is 18.1 Å². The van der Waals surface area contributed by atoms with Crippen molar-refractivity contribution in [3.63, 3.8) is 0 Å². The summed E-state index contributed by atoms with van der Waals surface area (Å²) in [5.41, 5.74) is 4.79. The van der Waals surface area contributed by atoms with E-state index in [0.29, 0.717) is 11.4 Å². The summed E-state index contributed by atoms with van der Waals surface area (Å²) < 4.78 is 14.9. The molecule has 4 rings (SSSR count). The highest BCUT2D eigenvalue weighted by Gasteiger charge is 2.17. The van der Waals surface area contributed by atoms with Gasteiger partial charge in [-0.2, -0.15) is 10.2 Å². The van der Waals surface area contributed by atoms with E-state index in [2.05, 4.69) is 25.3 Å². The zero-order valence-corrected chi connectivity index (χ0v) is 12.6. The highest BCUT2D eigenvalue weighted by molar-refractivity contribution is 5.96. The SMILES string of the molecule is Cc1cc(-c2cn(C)nc2-c2ccc(F)cn2)c2cn[nH]c2n1. The minimum Gasteiger partial charge on any atom is -0.274 e. The molecule has 0 unspecified atom stereocenters. The van der Waals surface area contributed by atoms with E-state index in [1.54, 1.807) is 16.9 Å². The fourth-order valence-corrected chi connectivity index (χ4v) is 2.67. The van der Waals surface area contributed by atoms with Gasteiger partial charge in [0, 0.05) is 29.9 Å². The number of rotatable bonds is 2. The van der Waals surface area contributed by atoms with E-state index in [1.807, 2.05) is 26.2 Å². The minimum atomic E-state index is -0.372. The number of hydrogen-bond acceptors (Lipinski definition) is 4. The monoisotopic (exact) mass is 308 g/mol. The predicted molar refractivity (Wildman–Crippen MR) is 84.0 cm³/mol. The fourth-order valence-electron chi connectivity index (χ4n) is 2.67. The fraction of sp³-hybridized carbons (Fsp3) is 0.125. The van der Waals surface area contributed by atoms with E-state index in [4.69, 9.17) is 0 Å². The molecule has 0 bridgehead atoms. The van der Waals surface area contributed by atoms with Crippen LogP contribution in [0.5, 0.6) is 0 Å². The highest BCUT2D eigenvalue weighted by atomic mass is 19.1. The van der Waals surface area contributed by atoms with Crippen LogP contribution in [0.1, 0.15) is 5.69 Å². The Morgan fingerprint density at radius 1 is 1.17 bits per heavy atom. The van der Waals surface area contributed by atoms with Crippen LogP contribution < -0.4 is 0 Å². The molecule has 4 aromatic heterocycles. The van der Waals surface area contributed by atoms with Crippen molar-refractivity contribution in [2.45, 2.75) is 6.92 Å². The smallest absolute Gasteiger partial charge is 0.155 e. The second kappa shape index (κ2) is 4.98. The molecule has 0 saturated carbocycles. The molecule has 0 radical (unpaired) electrons. The van der Waals surface area contributed by atoms with Gasteiger partial charge in [0.25, 0.3) is 0 Å². The first kappa shape index (κ1) is 13.6. The van der Waals surface area contributed by atoms with Crippen molar-refractivity contribution in [3.8, 4) is 22.5 Å². The molecule has 0 amide bonds. The number of H-pyrrole nitrogens is 1. The van der Waals surface area contributed by atoms with E-state index in [9.17, 15) is 4.39 Å². The van der Waals surface area contributed by atoms with Crippen LogP contribution >= 0.6 is 0 Å². The Balaban J connectivity index is 1.98. The Bertz CT molecular complexity index is 999. The molecule has 0 aromatic carbocycles. The topological polar surface area (TPSA) is 72.3 Å². The molecule has 0 spiro atoms. The van der Waals surface area contributed by atoms with Crippen LogP contribution in [-0.2, 0) is 7.05 Å².